The molecule has 0 bridgehead atoms. The predicted octanol–water partition coefficient (Wildman–Crippen LogP) is 2.46. The normalized spacial score (nSPS) is 16.8. The summed E-state index contributed by atoms with van der Waals surface area (Å²) in [4.78, 5) is 4.57. The van der Waals surface area contributed by atoms with Crippen molar-refractivity contribution in [2.24, 2.45) is 10.9 Å². The second-order valence-electron chi connectivity index (χ2n) is 7.60. The number of hydrogen-bond donors (Lipinski definition) is 2. The van der Waals surface area contributed by atoms with Crippen LogP contribution in [-0.2, 0) is 14.6 Å². The summed E-state index contributed by atoms with van der Waals surface area (Å²) in [7, 11) is -3.04. The molecule has 1 aliphatic carbocycles. The summed E-state index contributed by atoms with van der Waals surface area (Å²) in [5, 5.41) is 6.36. The van der Waals surface area contributed by atoms with E-state index in [2.05, 4.69) is 15.6 Å². The van der Waals surface area contributed by atoms with Gasteiger partial charge in [0.2, 0.25) is 0 Å². The number of rotatable bonds is 11. The molecule has 8 nitrogen and oxygen atoms in total. The van der Waals surface area contributed by atoms with Crippen LogP contribution >= 0.6 is 0 Å². The maximum atomic E-state index is 11.8. The Morgan fingerprint density at radius 2 is 2.03 bits per heavy atom. The Hall–Kier alpha value is -2.00. The minimum Gasteiger partial charge on any atom is -0.490 e. The monoisotopic (exact) mass is 439 g/mol. The summed E-state index contributed by atoms with van der Waals surface area (Å²) in [5.74, 6) is 2.92. The van der Waals surface area contributed by atoms with Crippen LogP contribution in [0.3, 0.4) is 0 Å². The van der Waals surface area contributed by atoms with Crippen LogP contribution in [0, 0.1) is 5.92 Å². The second-order valence-corrected chi connectivity index (χ2v) is 10.1. The van der Waals surface area contributed by atoms with Gasteiger partial charge in [-0.05, 0) is 37.3 Å². The van der Waals surface area contributed by atoms with Gasteiger partial charge in [0.05, 0.1) is 19.0 Å². The first-order valence-electron chi connectivity index (χ1n) is 10.8. The fourth-order valence-corrected chi connectivity index (χ4v) is 3.58. The van der Waals surface area contributed by atoms with E-state index in [0.717, 1.165) is 36.8 Å². The third-order valence-electron chi connectivity index (χ3n) is 4.92. The first-order chi connectivity index (χ1) is 14.6. The van der Waals surface area contributed by atoms with Gasteiger partial charge in [0.15, 0.2) is 27.3 Å². The molecule has 0 atom stereocenters. The molecule has 9 heteroatoms. The molecule has 1 saturated carbocycles. The Morgan fingerprint density at radius 3 is 2.80 bits per heavy atom. The Kier molecular flexibility index (Phi) is 8.62. The van der Waals surface area contributed by atoms with Crippen molar-refractivity contribution < 1.29 is 22.6 Å². The summed E-state index contributed by atoms with van der Waals surface area (Å²) >= 11 is 0. The maximum Gasteiger partial charge on any atom is 0.195 e. The lowest BCUT2D eigenvalue weighted by Gasteiger charge is -2.14. The molecule has 1 fully saturated rings. The molecule has 0 saturated heterocycles. The smallest absolute Gasteiger partial charge is 0.195 e. The summed E-state index contributed by atoms with van der Waals surface area (Å²) < 4.78 is 40.6. The minimum atomic E-state index is -3.04. The van der Waals surface area contributed by atoms with Crippen LogP contribution in [0.25, 0.3) is 0 Å². The van der Waals surface area contributed by atoms with Gasteiger partial charge in [-0.25, -0.2) is 8.42 Å². The number of nitrogens with zero attached hydrogens (tertiary/aromatic N) is 1. The first kappa shape index (κ1) is 22.7. The van der Waals surface area contributed by atoms with Crippen molar-refractivity contribution in [3.63, 3.8) is 0 Å². The summed E-state index contributed by atoms with van der Waals surface area (Å²) in [5.41, 5.74) is 0.800. The summed E-state index contributed by atoms with van der Waals surface area (Å²) in [6.07, 6.45) is 4.23. The van der Waals surface area contributed by atoms with Gasteiger partial charge in [0.25, 0.3) is 0 Å². The Balaban J connectivity index is 1.55. The highest BCUT2D eigenvalue weighted by molar-refractivity contribution is 7.91. The molecule has 168 valence electrons. The van der Waals surface area contributed by atoms with Crippen molar-refractivity contribution in [3.05, 3.63) is 18.2 Å². The number of aliphatic imine (C=N–C) groups is 1. The highest BCUT2D eigenvalue weighted by Gasteiger charge is 2.20. The predicted molar refractivity (Wildman–Crippen MR) is 118 cm³/mol. The van der Waals surface area contributed by atoms with E-state index in [1.807, 2.05) is 18.2 Å². The van der Waals surface area contributed by atoms with E-state index in [4.69, 9.17) is 14.2 Å². The molecule has 0 radical (unpaired) electrons. The molecule has 0 amide bonds. The lowest BCUT2D eigenvalue weighted by molar-refractivity contribution is 0.123. The van der Waals surface area contributed by atoms with Crippen molar-refractivity contribution >= 4 is 21.5 Å². The van der Waals surface area contributed by atoms with Gasteiger partial charge in [-0.3, -0.25) is 4.99 Å². The zero-order valence-corrected chi connectivity index (χ0v) is 18.5. The molecular formula is C21H33N3O5S. The maximum absolute atomic E-state index is 11.8. The zero-order valence-electron chi connectivity index (χ0n) is 17.7. The van der Waals surface area contributed by atoms with Crippen molar-refractivity contribution in [2.75, 3.05) is 56.3 Å². The summed E-state index contributed by atoms with van der Waals surface area (Å²) in [6, 6.07) is 5.64. The molecule has 2 aliphatic rings. The van der Waals surface area contributed by atoms with E-state index in [0.29, 0.717) is 44.6 Å². The van der Waals surface area contributed by atoms with Crippen LogP contribution in [0.1, 0.15) is 32.6 Å². The largest absolute Gasteiger partial charge is 0.490 e. The van der Waals surface area contributed by atoms with Gasteiger partial charge in [0.1, 0.15) is 0 Å². The second kappa shape index (κ2) is 11.4. The van der Waals surface area contributed by atoms with Crippen molar-refractivity contribution in [3.8, 4) is 11.5 Å². The zero-order chi connectivity index (χ0) is 21.2. The third-order valence-corrected chi connectivity index (χ3v) is 6.63. The Labute approximate surface area is 179 Å². The van der Waals surface area contributed by atoms with Gasteiger partial charge in [-0.2, -0.15) is 0 Å². The molecule has 2 N–H and O–H groups in total. The summed E-state index contributed by atoms with van der Waals surface area (Å²) in [6.45, 7) is 5.33. The van der Waals surface area contributed by atoms with Crippen molar-refractivity contribution in [1.29, 1.82) is 0 Å². The molecule has 1 aromatic rings. The van der Waals surface area contributed by atoms with Gasteiger partial charge in [-0.15, -0.1) is 0 Å². The average molecular weight is 440 g/mol. The number of benzene rings is 1. The quantitative estimate of drug-likeness (QED) is 0.310. The number of fused-ring (bicyclic) bond motifs is 1. The van der Waals surface area contributed by atoms with Crippen LogP contribution in [0.15, 0.2) is 23.2 Å². The molecule has 30 heavy (non-hydrogen) atoms. The molecule has 1 aromatic carbocycles. The van der Waals surface area contributed by atoms with E-state index < -0.39 is 9.84 Å². The highest BCUT2D eigenvalue weighted by atomic mass is 32.2. The van der Waals surface area contributed by atoms with Crippen molar-refractivity contribution in [2.45, 2.75) is 32.6 Å². The SMILES string of the molecule is CCS(=O)(=O)CCNC(=NCCCOCC1CC1)Nc1ccc2c(c1)OCCCO2. The fourth-order valence-electron chi connectivity index (χ4n) is 2.88. The number of nitrogens with one attached hydrogen (secondary N) is 2. The topological polar surface area (TPSA) is 98.3 Å². The average Bonchev–Trinajstić information content (AvgIpc) is 3.57. The fraction of sp³-hybridized carbons (Fsp3) is 0.667. The molecular weight excluding hydrogens is 406 g/mol. The highest BCUT2D eigenvalue weighted by Crippen LogP contribution is 2.32. The van der Waals surface area contributed by atoms with E-state index in [1.165, 1.54) is 12.8 Å². The van der Waals surface area contributed by atoms with Gasteiger partial charge >= 0.3 is 0 Å². The number of ether oxygens (including phenoxy) is 3. The molecule has 1 heterocycles. The lowest BCUT2D eigenvalue weighted by Crippen LogP contribution is -2.35. The molecule has 0 unspecified atom stereocenters. The van der Waals surface area contributed by atoms with E-state index >= 15 is 0 Å². The third kappa shape index (κ3) is 8.02. The van der Waals surface area contributed by atoms with Crippen LogP contribution in [-0.4, -0.2) is 65.4 Å². The Morgan fingerprint density at radius 1 is 1.23 bits per heavy atom. The van der Waals surface area contributed by atoms with Crippen LogP contribution in [0.5, 0.6) is 11.5 Å². The van der Waals surface area contributed by atoms with Crippen LogP contribution in [0.4, 0.5) is 5.69 Å². The first-order valence-corrected chi connectivity index (χ1v) is 12.6. The number of guanidine groups is 1. The number of sulfone groups is 1. The van der Waals surface area contributed by atoms with Gasteiger partial charge < -0.3 is 24.8 Å². The number of anilines is 1. The molecule has 3 rings (SSSR count). The minimum absolute atomic E-state index is 0.0653. The standard InChI is InChI=1S/C21H33N3O5S/c1-2-30(25,26)14-10-23-21(22-9-3-11-27-16-17-5-6-17)24-18-7-8-19-20(15-18)29-13-4-12-28-19/h7-8,15,17H,2-6,9-14,16H2,1H3,(H2,22,23,24). The van der Waals surface area contributed by atoms with Crippen molar-refractivity contribution in [1.82, 2.24) is 5.32 Å². The molecule has 1 aliphatic heterocycles. The lowest BCUT2D eigenvalue weighted by atomic mass is 10.3. The van der Waals surface area contributed by atoms with Gasteiger partial charge in [0, 0.05) is 50.2 Å². The van der Waals surface area contributed by atoms with E-state index in [-0.39, 0.29) is 11.5 Å². The molecule has 0 spiro atoms. The van der Waals surface area contributed by atoms with Gasteiger partial charge in [-0.1, -0.05) is 6.92 Å². The number of hydrogen-bond acceptors (Lipinski definition) is 6. The Bertz CT molecular complexity index is 809. The van der Waals surface area contributed by atoms with Crippen LogP contribution < -0.4 is 20.1 Å². The van der Waals surface area contributed by atoms with E-state index in [9.17, 15) is 8.42 Å². The van der Waals surface area contributed by atoms with E-state index in [1.54, 1.807) is 6.92 Å². The molecule has 0 aromatic heterocycles. The van der Waals surface area contributed by atoms with Crippen LogP contribution in [0.2, 0.25) is 0 Å².